The molecule has 2 aliphatic rings. The van der Waals surface area contributed by atoms with Crippen molar-refractivity contribution in [3.63, 3.8) is 0 Å². The number of nitrogens with zero attached hydrogens (tertiary/aromatic N) is 6. The zero-order valence-electron chi connectivity index (χ0n) is 20.0. The normalized spacial score (nSPS) is 15.5. The third-order valence-electron chi connectivity index (χ3n) is 5.99. The van der Waals surface area contributed by atoms with Crippen molar-refractivity contribution in [2.24, 2.45) is 4.36 Å². The smallest absolute Gasteiger partial charge is 0.229 e. The van der Waals surface area contributed by atoms with Gasteiger partial charge in [-0.05, 0) is 48.0 Å². The Bertz CT molecular complexity index is 1680. The summed E-state index contributed by atoms with van der Waals surface area (Å²) in [6.07, 6.45) is 8.20. The molecule has 0 unspecified atom stereocenters. The first-order valence-corrected chi connectivity index (χ1v) is 14.7. The molecule has 0 aliphatic carbocycles. The summed E-state index contributed by atoms with van der Waals surface area (Å²) in [5, 5.41) is 3.60. The molecule has 0 spiro atoms. The zero-order valence-corrected chi connectivity index (χ0v) is 21.7. The monoisotopic (exact) mass is 521 g/mol. The number of aromatic nitrogens is 4. The third-order valence-corrected chi connectivity index (χ3v) is 7.58. The molecule has 8 nitrogen and oxygen atoms in total. The van der Waals surface area contributed by atoms with Crippen LogP contribution in [0.4, 0.5) is 21.8 Å². The van der Waals surface area contributed by atoms with Crippen molar-refractivity contribution in [2.75, 3.05) is 37.2 Å². The van der Waals surface area contributed by atoms with E-state index < -0.39 is 15.5 Å². The molecule has 2 aliphatic heterocycles. The molecule has 0 saturated heterocycles. The molecular weight excluding hydrogens is 497 g/mol. The minimum absolute atomic E-state index is 0.284. The second-order valence-electron chi connectivity index (χ2n) is 9.25. The number of fused-ring (bicyclic) bond motifs is 1. The fraction of sp³-hybridized carbons (Fsp3) is 0.240. The number of hydrogen-bond acceptors (Lipinski definition) is 8. The molecule has 5 heterocycles. The lowest BCUT2D eigenvalue weighted by Crippen LogP contribution is -2.27. The van der Waals surface area contributed by atoms with E-state index in [1.54, 1.807) is 35.3 Å². The lowest BCUT2D eigenvalue weighted by molar-refractivity contribution is 0.358. The van der Waals surface area contributed by atoms with Gasteiger partial charge in [0.2, 0.25) is 5.95 Å². The van der Waals surface area contributed by atoms with Crippen LogP contribution in [-0.2, 0) is 16.3 Å². The van der Waals surface area contributed by atoms with Crippen molar-refractivity contribution in [3.05, 3.63) is 65.7 Å². The Hall–Kier alpha value is -3.28. The number of benzene rings is 1. The molecular formula is C25H24FN7OS2. The molecule has 36 heavy (non-hydrogen) atoms. The SMILES string of the molecule is CN1CC2=CCSc3cc(Nc4ncc5c(F)cn(-c6cccc(N=S(C)(C)=O)n6)c5n4)cc(c32)C1. The van der Waals surface area contributed by atoms with E-state index in [0.29, 0.717) is 23.2 Å². The van der Waals surface area contributed by atoms with E-state index in [1.807, 2.05) is 11.8 Å². The first-order chi connectivity index (χ1) is 17.2. The van der Waals surface area contributed by atoms with E-state index >= 15 is 0 Å². The predicted molar refractivity (Wildman–Crippen MR) is 143 cm³/mol. The molecule has 0 amide bonds. The fourth-order valence-corrected chi connectivity index (χ4v) is 6.25. The fourth-order valence-electron chi connectivity index (χ4n) is 4.62. The van der Waals surface area contributed by atoms with Crippen LogP contribution in [0.5, 0.6) is 0 Å². The first kappa shape index (κ1) is 23.1. The minimum Gasteiger partial charge on any atom is -0.324 e. The summed E-state index contributed by atoms with van der Waals surface area (Å²) in [6, 6.07) is 9.41. The van der Waals surface area contributed by atoms with Gasteiger partial charge in [-0.15, -0.1) is 11.8 Å². The van der Waals surface area contributed by atoms with E-state index in [9.17, 15) is 8.60 Å². The minimum atomic E-state index is -2.38. The van der Waals surface area contributed by atoms with Gasteiger partial charge in [-0.2, -0.15) is 9.35 Å². The summed E-state index contributed by atoms with van der Waals surface area (Å²) in [5.74, 6) is 1.61. The molecule has 0 fully saturated rings. The van der Waals surface area contributed by atoms with Crippen molar-refractivity contribution in [1.82, 2.24) is 24.4 Å². The molecule has 1 N–H and O–H groups in total. The number of thioether (sulfide) groups is 1. The van der Waals surface area contributed by atoms with E-state index in [1.165, 1.54) is 34.0 Å². The molecule has 4 aromatic rings. The molecule has 3 aromatic heterocycles. The molecule has 184 valence electrons. The van der Waals surface area contributed by atoms with Crippen LogP contribution in [0.2, 0.25) is 0 Å². The average molecular weight is 522 g/mol. The van der Waals surface area contributed by atoms with Crippen LogP contribution in [0, 0.1) is 5.82 Å². The molecule has 0 radical (unpaired) electrons. The van der Waals surface area contributed by atoms with Gasteiger partial charge in [-0.25, -0.2) is 18.6 Å². The van der Waals surface area contributed by atoms with Gasteiger partial charge < -0.3 is 5.32 Å². The number of likely N-dealkylation sites (N-methyl/N-ethyl adjacent to an activating group) is 1. The van der Waals surface area contributed by atoms with Gasteiger partial charge in [-0.3, -0.25) is 9.47 Å². The number of halogens is 1. The number of hydrogen-bond donors (Lipinski definition) is 1. The van der Waals surface area contributed by atoms with Crippen LogP contribution >= 0.6 is 11.8 Å². The number of rotatable bonds is 4. The Morgan fingerprint density at radius 3 is 2.89 bits per heavy atom. The van der Waals surface area contributed by atoms with Crippen molar-refractivity contribution in [1.29, 1.82) is 0 Å². The highest BCUT2D eigenvalue weighted by Crippen LogP contribution is 2.41. The highest BCUT2D eigenvalue weighted by atomic mass is 32.2. The van der Waals surface area contributed by atoms with E-state index in [2.05, 4.69) is 54.8 Å². The molecule has 0 bridgehead atoms. The Kier molecular flexibility index (Phi) is 5.58. The van der Waals surface area contributed by atoms with Gasteiger partial charge in [0.1, 0.15) is 5.82 Å². The molecule has 6 rings (SSSR count). The maximum atomic E-state index is 14.8. The Labute approximate surface area is 212 Å². The van der Waals surface area contributed by atoms with Crippen molar-refractivity contribution < 1.29 is 8.60 Å². The molecule has 0 saturated carbocycles. The maximum Gasteiger partial charge on any atom is 0.229 e. The van der Waals surface area contributed by atoms with Gasteiger partial charge in [0, 0.05) is 64.1 Å². The topological polar surface area (TPSA) is 88.3 Å². The molecule has 0 atom stereocenters. The van der Waals surface area contributed by atoms with Gasteiger partial charge in [-0.1, -0.05) is 12.1 Å². The maximum absolute atomic E-state index is 14.8. The van der Waals surface area contributed by atoms with Crippen molar-refractivity contribution >= 4 is 55.6 Å². The second-order valence-corrected chi connectivity index (χ2v) is 12.9. The van der Waals surface area contributed by atoms with Crippen LogP contribution in [-0.4, -0.2) is 60.5 Å². The predicted octanol–water partition coefficient (Wildman–Crippen LogP) is 4.99. The summed E-state index contributed by atoms with van der Waals surface area (Å²) in [7, 11) is -0.259. The van der Waals surface area contributed by atoms with Crippen LogP contribution in [0.1, 0.15) is 11.1 Å². The highest BCUT2D eigenvalue weighted by Gasteiger charge is 2.24. The number of pyridine rings is 1. The highest BCUT2D eigenvalue weighted by molar-refractivity contribution is 7.99. The van der Waals surface area contributed by atoms with Gasteiger partial charge >= 0.3 is 0 Å². The Balaban J connectivity index is 1.39. The number of nitrogens with one attached hydrogen (secondary N) is 1. The van der Waals surface area contributed by atoms with Crippen LogP contribution in [0.25, 0.3) is 22.4 Å². The van der Waals surface area contributed by atoms with Gasteiger partial charge in [0.25, 0.3) is 0 Å². The van der Waals surface area contributed by atoms with Gasteiger partial charge in [0.05, 0.1) is 5.39 Å². The van der Waals surface area contributed by atoms with Crippen LogP contribution < -0.4 is 5.32 Å². The Morgan fingerprint density at radius 1 is 1.19 bits per heavy atom. The second kappa shape index (κ2) is 8.68. The average Bonchev–Trinajstić information content (AvgIpc) is 3.14. The largest absolute Gasteiger partial charge is 0.324 e. The van der Waals surface area contributed by atoms with Crippen LogP contribution in [0.15, 0.2) is 58.1 Å². The zero-order chi connectivity index (χ0) is 25.0. The van der Waals surface area contributed by atoms with E-state index in [0.717, 1.165) is 24.5 Å². The quantitative estimate of drug-likeness (QED) is 0.405. The summed E-state index contributed by atoms with van der Waals surface area (Å²) in [4.78, 5) is 17.0. The molecule has 1 aromatic carbocycles. The van der Waals surface area contributed by atoms with Crippen molar-refractivity contribution in [2.45, 2.75) is 11.4 Å². The Morgan fingerprint density at radius 2 is 2.06 bits per heavy atom. The van der Waals surface area contributed by atoms with Crippen LogP contribution in [0.3, 0.4) is 0 Å². The first-order valence-electron chi connectivity index (χ1n) is 11.4. The summed E-state index contributed by atoms with van der Waals surface area (Å²) in [5.41, 5.74) is 5.27. The van der Waals surface area contributed by atoms with Gasteiger partial charge in [0.15, 0.2) is 17.3 Å². The van der Waals surface area contributed by atoms with Crippen molar-refractivity contribution in [3.8, 4) is 5.82 Å². The summed E-state index contributed by atoms with van der Waals surface area (Å²) in [6.45, 7) is 1.84. The van der Waals surface area contributed by atoms with E-state index in [-0.39, 0.29) is 5.39 Å². The number of anilines is 2. The lowest BCUT2D eigenvalue weighted by atomic mass is 9.94. The molecule has 11 heteroatoms. The van der Waals surface area contributed by atoms with E-state index in [4.69, 9.17) is 0 Å². The summed E-state index contributed by atoms with van der Waals surface area (Å²) >= 11 is 1.83. The third kappa shape index (κ3) is 4.38. The lowest BCUT2D eigenvalue weighted by Gasteiger charge is -2.31. The standard InChI is InChI=1S/C25H24FN7OS2/c1-32-12-15-7-8-35-20-10-17(9-16(13-32)23(15)20)28-25-27-11-18-19(26)14-33(24(18)30-25)22-6-4-5-21(29-22)31-36(2,3)34/h4-7,9-11,14H,8,12-13H2,1-3H3,(H,27,28,30). The summed E-state index contributed by atoms with van der Waals surface area (Å²) < 4.78 is 32.6.